The van der Waals surface area contributed by atoms with Gasteiger partial charge in [-0.3, -0.25) is 14.9 Å². The Morgan fingerprint density at radius 1 is 1.26 bits per heavy atom. The van der Waals surface area contributed by atoms with Gasteiger partial charge in [-0.15, -0.1) is 0 Å². The number of hydrogen-bond donors (Lipinski definition) is 0. The number of carbonyl (C=O) groups is 1. The molecule has 0 aromatic heterocycles. The van der Waals surface area contributed by atoms with E-state index in [4.69, 9.17) is 0 Å². The van der Waals surface area contributed by atoms with Crippen LogP contribution in [-0.4, -0.2) is 31.8 Å². The first kappa shape index (κ1) is 18.5. The van der Waals surface area contributed by atoms with Crippen LogP contribution in [0.2, 0.25) is 0 Å². The molecule has 1 aliphatic heterocycles. The maximum absolute atomic E-state index is 13.2. The van der Waals surface area contributed by atoms with E-state index < -0.39 is 10.7 Å². The van der Waals surface area contributed by atoms with Crippen molar-refractivity contribution < 1.29 is 9.72 Å². The van der Waals surface area contributed by atoms with Crippen LogP contribution in [0.3, 0.4) is 0 Å². The van der Waals surface area contributed by atoms with Gasteiger partial charge >= 0.3 is 0 Å². The number of rotatable bonds is 4. The van der Waals surface area contributed by atoms with Gasteiger partial charge in [0, 0.05) is 43.9 Å². The summed E-state index contributed by atoms with van der Waals surface area (Å²) < 4.78 is 0. The molecule has 27 heavy (non-hydrogen) atoms. The number of benzene rings is 2. The predicted molar refractivity (Wildman–Crippen MR) is 105 cm³/mol. The Morgan fingerprint density at radius 3 is 2.56 bits per heavy atom. The summed E-state index contributed by atoms with van der Waals surface area (Å²) in [6, 6.07) is 13.7. The quantitative estimate of drug-likeness (QED) is 0.262. The van der Waals surface area contributed by atoms with Crippen molar-refractivity contribution >= 4 is 34.6 Å². The highest BCUT2D eigenvalue weighted by molar-refractivity contribution is 8.03. The van der Waals surface area contributed by atoms with E-state index >= 15 is 0 Å². The maximum Gasteiger partial charge on any atom is 0.270 e. The third kappa shape index (κ3) is 3.25. The summed E-state index contributed by atoms with van der Waals surface area (Å²) >= 11 is 1.34. The SMILES string of the molecule is CN(C)c1ccc([N+](=O)[O-])cc1C(=O)/C(C#N)=C1\Sc2ccccc2N1C. The summed E-state index contributed by atoms with van der Waals surface area (Å²) in [5.74, 6) is -0.535. The number of nitrogens with zero attached hydrogens (tertiary/aromatic N) is 4. The van der Waals surface area contributed by atoms with Crippen molar-refractivity contribution in [1.29, 1.82) is 5.26 Å². The second-order valence-corrected chi connectivity index (χ2v) is 7.13. The first-order valence-corrected chi connectivity index (χ1v) is 8.82. The van der Waals surface area contributed by atoms with Crippen molar-refractivity contribution in [2.24, 2.45) is 0 Å². The molecule has 0 saturated carbocycles. The van der Waals surface area contributed by atoms with Crippen LogP contribution >= 0.6 is 11.8 Å². The van der Waals surface area contributed by atoms with Crippen LogP contribution in [0.1, 0.15) is 10.4 Å². The Morgan fingerprint density at radius 2 is 1.96 bits per heavy atom. The monoisotopic (exact) mass is 380 g/mol. The number of Topliss-reactive ketones (excluding diaryl/α,β-unsaturated/α-hetero) is 1. The number of nitro benzene ring substituents is 1. The molecule has 1 aliphatic rings. The third-order valence-corrected chi connectivity index (χ3v) is 5.44. The van der Waals surface area contributed by atoms with E-state index in [1.54, 1.807) is 30.9 Å². The van der Waals surface area contributed by atoms with E-state index in [2.05, 4.69) is 0 Å². The maximum atomic E-state index is 13.2. The number of non-ortho nitro benzene ring substituents is 1. The number of hydrogen-bond acceptors (Lipinski definition) is 7. The number of fused-ring (bicyclic) bond motifs is 1. The number of anilines is 2. The average Bonchev–Trinajstić information content (AvgIpc) is 2.98. The van der Waals surface area contributed by atoms with E-state index in [0.717, 1.165) is 10.6 Å². The zero-order valence-corrected chi connectivity index (χ0v) is 15.8. The van der Waals surface area contributed by atoms with Crippen LogP contribution < -0.4 is 9.80 Å². The van der Waals surface area contributed by atoms with Gasteiger partial charge in [-0.2, -0.15) is 5.26 Å². The largest absolute Gasteiger partial charge is 0.377 e. The fourth-order valence-electron chi connectivity index (χ4n) is 2.86. The van der Waals surface area contributed by atoms with Crippen LogP contribution in [0, 0.1) is 21.4 Å². The van der Waals surface area contributed by atoms with Gasteiger partial charge in [0.1, 0.15) is 16.7 Å². The van der Waals surface area contributed by atoms with Crippen molar-refractivity contribution in [2.75, 3.05) is 30.9 Å². The summed E-state index contributed by atoms with van der Waals surface area (Å²) in [5, 5.41) is 21.4. The minimum atomic E-state index is -0.554. The van der Waals surface area contributed by atoms with Gasteiger partial charge in [0.05, 0.1) is 16.2 Å². The van der Waals surface area contributed by atoms with Crippen molar-refractivity contribution in [3.63, 3.8) is 0 Å². The second-order valence-electron chi connectivity index (χ2n) is 6.10. The van der Waals surface area contributed by atoms with E-state index in [0.29, 0.717) is 10.7 Å². The van der Waals surface area contributed by atoms with Gasteiger partial charge in [-0.25, -0.2) is 0 Å². The summed E-state index contributed by atoms with van der Waals surface area (Å²) in [6.07, 6.45) is 0. The van der Waals surface area contributed by atoms with Gasteiger partial charge < -0.3 is 9.80 Å². The molecule has 8 heteroatoms. The lowest BCUT2D eigenvalue weighted by Crippen LogP contribution is -2.18. The van der Waals surface area contributed by atoms with Gasteiger partial charge in [0.2, 0.25) is 5.78 Å². The number of allylic oxidation sites excluding steroid dienone is 1. The molecule has 1 heterocycles. The van der Waals surface area contributed by atoms with Crippen LogP contribution in [0.15, 0.2) is 58.0 Å². The molecule has 0 N–H and O–H groups in total. The van der Waals surface area contributed by atoms with Gasteiger partial charge in [-0.1, -0.05) is 23.9 Å². The highest BCUT2D eigenvalue weighted by Gasteiger charge is 2.30. The Labute approximate surface area is 160 Å². The van der Waals surface area contributed by atoms with Crippen molar-refractivity contribution in [1.82, 2.24) is 0 Å². The lowest BCUT2D eigenvalue weighted by atomic mass is 10.0. The van der Waals surface area contributed by atoms with Gasteiger partial charge in [0.25, 0.3) is 5.69 Å². The highest BCUT2D eigenvalue weighted by atomic mass is 32.2. The molecule has 3 rings (SSSR count). The number of nitriles is 1. The molecule has 0 spiro atoms. The predicted octanol–water partition coefficient (Wildman–Crippen LogP) is 3.82. The second kappa shape index (κ2) is 7.13. The van der Waals surface area contributed by atoms with E-state index in [9.17, 15) is 20.2 Å². The lowest BCUT2D eigenvalue weighted by Gasteiger charge is -2.18. The Hall–Kier alpha value is -3.31. The Bertz CT molecular complexity index is 1020. The van der Waals surface area contributed by atoms with Crippen molar-refractivity contribution in [3.05, 3.63) is 68.7 Å². The molecule has 0 amide bonds. The first-order valence-electron chi connectivity index (χ1n) is 8.00. The number of nitro groups is 1. The first-order chi connectivity index (χ1) is 12.8. The zero-order chi connectivity index (χ0) is 19.7. The fraction of sp³-hybridized carbons (Fsp3) is 0.158. The minimum absolute atomic E-state index is 0.0395. The molecule has 136 valence electrons. The van der Waals surface area contributed by atoms with E-state index in [1.165, 1.54) is 30.0 Å². The van der Waals surface area contributed by atoms with Crippen LogP contribution in [0.4, 0.5) is 17.1 Å². The standard InChI is InChI=1S/C19H16N4O3S/c1-21(2)15-9-8-12(23(25)26)10-13(15)18(24)14(11-20)19-22(3)16-6-4-5-7-17(16)27-19/h4-10H,1-3H3/b19-14-. The molecule has 0 fully saturated rings. The van der Waals surface area contributed by atoms with Crippen molar-refractivity contribution in [3.8, 4) is 6.07 Å². The smallest absolute Gasteiger partial charge is 0.270 e. The summed E-state index contributed by atoms with van der Waals surface area (Å²) in [5.41, 5.74) is 1.32. The lowest BCUT2D eigenvalue weighted by molar-refractivity contribution is -0.384. The molecule has 0 unspecified atom stereocenters. The summed E-state index contributed by atoms with van der Waals surface area (Å²) in [7, 11) is 5.27. The number of carbonyl (C=O) groups excluding carboxylic acids is 1. The molecule has 2 aromatic carbocycles. The van der Waals surface area contributed by atoms with E-state index in [-0.39, 0.29) is 16.8 Å². The van der Waals surface area contributed by atoms with Gasteiger partial charge in [0.15, 0.2) is 0 Å². The molecule has 0 radical (unpaired) electrons. The van der Waals surface area contributed by atoms with Gasteiger partial charge in [-0.05, 0) is 18.2 Å². The van der Waals surface area contributed by atoms with E-state index in [1.807, 2.05) is 30.3 Å². The number of para-hydroxylation sites is 1. The fourth-order valence-corrected chi connectivity index (χ4v) is 4.00. The van der Waals surface area contributed by atoms with Crippen molar-refractivity contribution in [2.45, 2.75) is 4.90 Å². The third-order valence-electron chi connectivity index (χ3n) is 4.21. The summed E-state index contributed by atoms with van der Waals surface area (Å²) in [6.45, 7) is 0. The molecule has 0 aliphatic carbocycles. The highest BCUT2D eigenvalue weighted by Crippen LogP contribution is 2.46. The molecular formula is C19H16N4O3S. The molecular weight excluding hydrogens is 364 g/mol. The average molecular weight is 380 g/mol. The Balaban J connectivity index is 2.14. The number of thioether (sulfide) groups is 1. The number of ketones is 1. The van der Waals surface area contributed by atoms with Crippen LogP contribution in [0.25, 0.3) is 0 Å². The molecule has 2 aromatic rings. The molecule has 0 saturated heterocycles. The topological polar surface area (TPSA) is 90.5 Å². The molecule has 0 atom stereocenters. The normalized spacial score (nSPS) is 14.4. The zero-order valence-electron chi connectivity index (χ0n) is 15.0. The van der Waals surface area contributed by atoms with Crippen LogP contribution in [-0.2, 0) is 0 Å². The molecule has 0 bridgehead atoms. The Kier molecular flexibility index (Phi) is 4.88. The minimum Gasteiger partial charge on any atom is -0.377 e. The molecule has 7 nitrogen and oxygen atoms in total. The van der Waals surface area contributed by atoms with Crippen LogP contribution in [0.5, 0.6) is 0 Å². The summed E-state index contributed by atoms with van der Waals surface area (Å²) in [4.78, 5) is 28.2.